The molecule has 90 valence electrons. The van der Waals surface area contributed by atoms with Crippen LogP contribution in [-0.4, -0.2) is 18.9 Å². The molecule has 1 fully saturated rings. The number of benzene rings is 1. The van der Waals surface area contributed by atoms with E-state index in [1.54, 1.807) is 45.2 Å². The molecule has 0 N–H and O–H groups in total. The molecule has 1 aromatic carbocycles. The second-order valence-corrected chi connectivity index (χ2v) is 4.29. The van der Waals surface area contributed by atoms with Gasteiger partial charge in [0.05, 0.1) is 12.8 Å². The molecule has 0 aliphatic carbocycles. The molecule has 0 radical (unpaired) electrons. The van der Waals surface area contributed by atoms with E-state index in [1.807, 2.05) is 0 Å². The molecule has 1 aromatic rings. The lowest BCUT2D eigenvalue weighted by atomic mass is 10.00. The van der Waals surface area contributed by atoms with Crippen LogP contribution in [0.1, 0.15) is 13.8 Å². The molecule has 0 saturated carbocycles. The maximum atomic E-state index is 12.0. The van der Waals surface area contributed by atoms with Gasteiger partial charge in [0.15, 0.2) is 0 Å². The molecule has 17 heavy (non-hydrogen) atoms. The fourth-order valence-electron chi connectivity index (χ4n) is 1.93. The van der Waals surface area contributed by atoms with Crippen LogP contribution in [0.2, 0.25) is 0 Å². The lowest BCUT2D eigenvalue weighted by molar-refractivity contribution is -0.122. The summed E-state index contributed by atoms with van der Waals surface area (Å²) in [6, 6.07) is 6.92. The molecular weight excluding hydrogens is 218 g/mol. The summed E-state index contributed by atoms with van der Waals surface area (Å²) in [5, 5.41) is 0. The lowest BCUT2D eigenvalue weighted by Gasteiger charge is -2.14. The van der Waals surface area contributed by atoms with Gasteiger partial charge in [-0.2, -0.15) is 0 Å². The third-order valence-electron chi connectivity index (χ3n) is 3.30. The predicted molar refractivity (Wildman–Crippen MR) is 63.8 cm³/mol. The summed E-state index contributed by atoms with van der Waals surface area (Å²) in [7, 11) is 1.57. The zero-order valence-corrected chi connectivity index (χ0v) is 10.1. The molecule has 0 spiro atoms. The Morgan fingerprint density at radius 3 is 1.88 bits per heavy atom. The number of amides is 2. The number of carbonyl (C=O) groups excluding carboxylic acids is 2. The average molecular weight is 233 g/mol. The van der Waals surface area contributed by atoms with Crippen molar-refractivity contribution in [2.75, 3.05) is 12.0 Å². The fraction of sp³-hybridized carbons (Fsp3) is 0.385. The molecule has 0 aromatic heterocycles. The van der Waals surface area contributed by atoms with Gasteiger partial charge in [0.1, 0.15) is 5.75 Å². The van der Waals surface area contributed by atoms with Gasteiger partial charge < -0.3 is 4.74 Å². The third-order valence-corrected chi connectivity index (χ3v) is 3.30. The van der Waals surface area contributed by atoms with Crippen molar-refractivity contribution in [1.29, 1.82) is 0 Å². The summed E-state index contributed by atoms with van der Waals surface area (Å²) >= 11 is 0. The first kappa shape index (κ1) is 11.6. The Bertz CT molecular complexity index is 432. The van der Waals surface area contributed by atoms with Crippen LogP contribution in [-0.2, 0) is 9.59 Å². The van der Waals surface area contributed by atoms with Crippen LogP contribution in [0.5, 0.6) is 5.75 Å². The normalized spacial score (nSPS) is 24.3. The summed E-state index contributed by atoms with van der Waals surface area (Å²) < 4.78 is 5.04. The van der Waals surface area contributed by atoms with E-state index in [0.29, 0.717) is 11.4 Å². The minimum absolute atomic E-state index is 0.132. The zero-order chi connectivity index (χ0) is 12.6. The first-order chi connectivity index (χ1) is 8.06. The van der Waals surface area contributed by atoms with E-state index in [0.717, 1.165) is 0 Å². The molecule has 4 heteroatoms. The van der Waals surface area contributed by atoms with Crippen molar-refractivity contribution in [3.05, 3.63) is 24.3 Å². The van der Waals surface area contributed by atoms with Crippen LogP contribution in [0.15, 0.2) is 24.3 Å². The Kier molecular flexibility index (Phi) is 2.88. The van der Waals surface area contributed by atoms with Gasteiger partial charge in [0.25, 0.3) is 0 Å². The van der Waals surface area contributed by atoms with Crippen LogP contribution in [0.3, 0.4) is 0 Å². The fourth-order valence-corrected chi connectivity index (χ4v) is 1.93. The van der Waals surface area contributed by atoms with Crippen molar-refractivity contribution in [2.45, 2.75) is 13.8 Å². The van der Waals surface area contributed by atoms with Crippen LogP contribution in [0, 0.1) is 11.8 Å². The average Bonchev–Trinajstić information content (AvgIpc) is 2.54. The van der Waals surface area contributed by atoms with Gasteiger partial charge in [-0.05, 0) is 24.3 Å². The molecule has 2 atom stereocenters. The monoisotopic (exact) mass is 233 g/mol. The van der Waals surface area contributed by atoms with E-state index in [1.165, 1.54) is 4.90 Å². The molecule has 1 aliphatic heterocycles. The molecule has 2 amide bonds. The zero-order valence-electron chi connectivity index (χ0n) is 10.1. The van der Waals surface area contributed by atoms with E-state index < -0.39 is 0 Å². The molecule has 1 heterocycles. The minimum Gasteiger partial charge on any atom is -0.497 e. The Morgan fingerprint density at radius 1 is 1.00 bits per heavy atom. The highest BCUT2D eigenvalue weighted by Gasteiger charge is 2.42. The number of hydrogen-bond acceptors (Lipinski definition) is 3. The van der Waals surface area contributed by atoms with Gasteiger partial charge >= 0.3 is 0 Å². The first-order valence-electron chi connectivity index (χ1n) is 5.58. The van der Waals surface area contributed by atoms with Gasteiger partial charge in [-0.25, -0.2) is 0 Å². The number of hydrogen-bond donors (Lipinski definition) is 0. The van der Waals surface area contributed by atoms with Crippen molar-refractivity contribution in [2.24, 2.45) is 11.8 Å². The summed E-state index contributed by atoms with van der Waals surface area (Å²) in [6.07, 6.45) is 0. The van der Waals surface area contributed by atoms with E-state index in [-0.39, 0.29) is 23.7 Å². The van der Waals surface area contributed by atoms with E-state index in [4.69, 9.17) is 4.74 Å². The third kappa shape index (κ3) is 1.79. The number of ether oxygens (including phenoxy) is 1. The topological polar surface area (TPSA) is 46.6 Å². The molecule has 0 bridgehead atoms. The molecule has 4 nitrogen and oxygen atoms in total. The minimum atomic E-state index is -0.246. The van der Waals surface area contributed by atoms with Crippen molar-refractivity contribution in [3.63, 3.8) is 0 Å². The van der Waals surface area contributed by atoms with E-state index >= 15 is 0 Å². The summed E-state index contributed by atoms with van der Waals surface area (Å²) in [5.74, 6) is -0.0523. The van der Waals surface area contributed by atoms with Gasteiger partial charge in [-0.3, -0.25) is 14.5 Å². The van der Waals surface area contributed by atoms with Gasteiger partial charge in [0, 0.05) is 11.8 Å². The standard InChI is InChI=1S/C13H15NO3/c1-8-9(2)13(16)14(12(8)15)10-4-6-11(17-3)7-5-10/h4-9H,1-3H3. The van der Waals surface area contributed by atoms with Gasteiger partial charge in [0.2, 0.25) is 11.8 Å². The SMILES string of the molecule is COc1ccc(N2C(=O)C(C)C(C)C2=O)cc1. The molecule has 2 rings (SSSR count). The summed E-state index contributed by atoms with van der Waals surface area (Å²) in [5.41, 5.74) is 0.608. The number of rotatable bonds is 2. The first-order valence-corrected chi connectivity index (χ1v) is 5.58. The molecule has 1 saturated heterocycles. The predicted octanol–water partition coefficient (Wildman–Crippen LogP) is 1.84. The lowest BCUT2D eigenvalue weighted by Crippen LogP contribution is -2.30. The molecular formula is C13H15NO3. The van der Waals surface area contributed by atoms with Crippen LogP contribution in [0.4, 0.5) is 5.69 Å². The van der Waals surface area contributed by atoms with Crippen LogP contribution >= 0.6 is 0 Å². The Balaban J connectivity index is 2.33. The highest BCUT2D eigenvalue weighted by molar-refractivity contribution is 6.21. The quantitative estimate of drug-likeness (QED) is 0.732. The second-order valence-electron chi connectivity index (χ2n) is 4.29. The number of imide groups is 1. The van der Waals surface area contributed by atoms with Crippen LogP contribution < -0.4 is 9.64 Å². The molecule has 1 aliphatic rings. The Morgan fingerprint density at radius 2 is 1.47 bits per heavy atom. The summed E-state index contributed by atoms with van der Waals surface area (Å²) in [4.78, 5) is 25.2. The molecule has 2 unspecified atom stereocenters. The highest BCUT2D eigenvalue weighted by Crippen LogP contribution is 2.31. The van der Waals surface area contributed by atoms with Gasteiger partial charge in [-0.1, -0.05) is 13.8 Å². The van der Waals surface area contributed by atoms with E-state index in [2.05, 4.69) is 0 Å². The highest BCUT2D eigenvalue weighted by atomic mass is 16.5. The van der Waals surface area contributed by atoms with Crippen molar-refractivity contribution in [1.82, 2.24) is 0 Å². The van der Waals surface area contributed by atoms with Crippen molar-refractivity contribution < 1.29 is 14.3 Å². The second kappa shape index (κ2) is 4.20. The van der Waals surface area contributed by atoms with E-state index in [9.17, 15) is 9.59 Å². The van der Waals surface area contributed by atoms with Crippen LogP contribution in [0.25, 0.3) is 0 Å². The maximum absolute atomic E-state index is 12.0. The Hall–Kier alpha value is -1.84. The number of methoxy groups -OCH3 is 1. The van der Waals surface area contributed by atoms with Gasteiger partial charge in [-0.15, -0.1) is 0 Å². The maximum Gasteiger partial charge on any atom is 0.237 e. The van der Waals surface area contributed by atoms with Crippen molar-refractivity contribution >= 4 is 17.5 Å². The Labute approximate surface area is 100 Å². The number of carbonyl (C=O) groups is 2. The smallest absolute Gasteiger partial charge is 0.237 e. The number of nitrogens with zero attached hydrogens (tertiary/aromatic N) is 1. The largest absolute Gasteiger partial charge is 0.497 e. The number of anilines is 1. The summed E-state index contributed by atoms with van der Waals surface area (Å²) in [6.45, 7) is 3.57. The van der Waals surface area contributed by atoms with Crippen molar-refractivity contribution in [3.8, 4) is 5.75 Å².